The van der Waals surface area contributed by atoms with Crippen molar-refractivity contribution in [1.29, 1.82) is 5.26 Å². The maximum atomic E-state index is 9.54. The van der Waals surface area contributed by atoms with Crippen LogP contribution in [0.2, 0.25) is 0 Å². The first-order valence-electron chi connectivity index (χ1n) is 11.0. The first kappa shape index (κ1) is 21.5. The van der Waals surface area contributed by atoms with Crippen molar-refractivity contribution in [3.63, 3.8) is 0 Å². The Labute approximate surface area is 188 Å². The smallest absolute Gasteiger partial charge is 0.137 e. The molecular weight excluding hydrogens is 402 g/mol. The van der Waals surface area contributed by atoms with Crippen LogP contribution in [-0.4, -0.2) is 17.1 Å². The first-order chi connectivity index (χ1) is 15.0. The fraction of sp³-hybridized carbons (Fsp3) is 0.385. The summed E-state index contributed by atoms with van der Waals surface area (Å²) >= 11 is 1.68. The molecule has 1 aliphatic rings. The van der Waals surface area contributed by atoms with Gasteiger partial charge >= 0.3 is 0 Å². The molecule has 0 saturated heterocycles. The van der Waals surface area contributed by atoms with Gasteiger partial charge in [-0.1, -0.05) is 25.1 Å². The molecule has 0 spiro atoms. The SMILES string of the molecule is CC[C@@H](C)NC1CCc2c(-c3cnc(-c4ccc(OC(C)C)c(C#N)c4)s3)cccc21. The summed E-state index contributed by atoms with van der Waals surface area (Å²) in [6.07, 6.45) is 5.37. The van der Waals surface area contributed by atoms with Gasteiger partial charge in [0, 0.05) is 23.8 Å². The minimum atomic E-state index is 0.0308. The second-order valence-corrected chi connectivity index (χ2v) is 9.49. The predicted molar refractivity (Wildman–Crippen MR) is 127 cm³/mol. The van der Waals surface area contributed by atoms with Crippen molar-refractivity contribution in [2.75, 3.05) is 0 Å². The van der Waals surface area contributed by atoms with Crippen LogP contribution in [0.4, 0.5) is 0 Å². The molecule has 160 valence electrons. The topological polar surface area (TPSA) is 57.9 Å². The van der Waals surface area contributed by atoms with E-state index in [2.05, 4.69) is 48.4 Å². The molecule has 0 amide bonds. The number of aromatic nitrogens is 1. The van der Waals surface area contributed by atoms with E-state index in [0.29, 0.717) is 23.4 Å². The summed E-state index contributed by atoms with van der Waals surface area (Å²) in [6, 6.07) is 15.6. The third-order valence-electron chi connectivity index (χ3n) is 5.85. The van der Waals surface area contributed by atoms with Crippen LogP contribution in [0.15, 0.2) is 42.6 Å². The molecule has 4 nitrogen and oxygen atoms in total. The van der Waals surface area contributed by atoms with Gasteiger partial charge in [-0.3, -0.25) is 0 Å². The van der Waals surface area contributed by atoms with E-state index in [1.54, 1.807) is 11.3 Å². The quantitative estimate of drug-likeness (QED) is 0.463. The number of benzene rings is 2. The van der Waals surface area contributed by atoms with E-state index in [1.807, 2.05) is 38.2 Å². The molecule has 2 atom stereocenters. The molecule has 31 heavy (non-hydrogen) atoms. The van der Waals surface area contributed by atoms with Crippen molar-refractivity contribution < 1.29 is 4.74 Å². The number of thiazole rings is 1. The number of nitrogens with one attached hydrogen (secondary N) is 1. The van der Waals surface area contributed by atoms with Gasteiger partial charge in [0.2, 0.25) is 0 Å². The highest BCUT2D eigenvalue weighted by atomic mass is 32.1. The van der Waals surface area contributed by atoms with Gasteiger partial charge in [0.1, 0.15) is 16.8 Å². The van der Waals surface area contributed by atoms with Crippen LogP contribution < -0.4 is 10.1 Å². The summed E-state index contributed by atoms with van der Waals surface area (Å²) in [6.45, 7) is 8.40. The average Bonchev–Trinajstić information content (AvgIpc) is 3.41. The summed E-state index contributed by atoms with van der Waals surface area (Å²) in [7, 11) is 0. The van der Waals surface area contributed by atoms with Gasteiger partial charge in [-0.2, -0.15) is 5.26 Å². The molecule has 1 aromatic heterocycles. The number of fused-ring (bicyclic) bond motifs is 1. The van der Waals surface area contributed by atoms with Gasteiger partial charge in [0.25, 0.3) is 0 Å². The Bertz CT molecular complexity index is 1110. The maximum Gasteiger partial charge on any atom is 0.137 e. The van der Waals surface area contributed by atoms with Crippen molar-refractivity contribution in [2.24, 2.45) is 0 Å². The van der Waals surface area contributed by atoms with Crippen molar-refractivity contribution in [1.82, 2.24) is 10.3 Å². The standard InChI is InChI=1S/C26H29N3OS/c1-5-17(4)29-23-11-10-20-21(23)7-6-8-22(20)25-15-28-26(31-25)18-9-12-24(30-16(2)3)19(13-18)14-27/h6-9,12-13,15-17,23,29H,5,10-11H2,1-4H3/t17-,23?/m1/s1. The molecule has 1 unspecified atom stereocenters. The van der Waals surface area contributed by atoms with Crippen LogP contribution in [0.25, 0.3) is 21.0 Å². The summed E-state index contributed by atoms with van der Waals surface area (Å²) in [5.41, 5.74) is 5.65. The van der Waals surface area contributed by atoms with Crippen LogP contribution >= 0.6 is 11.3 Å². The van der Waals surface area contributed by atoms with Crippen molar-refractivity contribution in [3.8, 4) is 32.8 Å². The van der Waals surface area contributed by atoms with E-state index in [9.17, 15) is 5.26 Å². The van der Waals surface area contributed by atoms with Gasteiger partial charge in [-0.05, 0) is 74.9 Å². The van der Waals surface area contributed by atoms with Crippen molar-refractivity contribution in [3.05, 3.63) is 59.3 Å². The largest absolute Gasteiger partial charge is 0.490 e. The second-order valence-electron chi connectivity index (χ2n) is 8.46. The molecule has 3 aromatic rings. The van der Waals surface area contributed by atoms with Crippen LogP contribution in [0, 0.1) is 11.3 Å². The Hall–Kier alpha value is -2.68. The van der Waals surface area contributed by atoms with Gasteiger partial charge in [0.15, 0.2) is 0 Å². The lowest BCUT2D eigenvalue weighted by Gasteiger charge is -2.19. The molecular formula is C26H29N3OS. The summed E-state index contributed by atoms with van der Waals surface area (Å²) in [4.78, 5) is 5.87. The zero-order valence-corrected chi connectivity index (χ0v) is 19.4. The van der Waals surface area contributed by atoms with Crippen LogP contribution in [-0.2, 0) is 6.42 Å². The van der Waals surface area contributed by atoms with Gasteiger partial charge in [-0.15, -0.1) is 11.3 Å². The van der Waals surface area contributed by atoms with Crippen molar-refractivity contribution >= 4 is 11.3 Å². The van der Waals surface area contributed by atoms with Crippen LogP contribution in [0.5, 0.6) is 5.75 Å². The van der Waals surface area contributed by atoms with E-state index < -0.39 is 0 Å². The molecule has 2 aromatic carbocycles. The Kier molecular flexibility index (Phi) is 6.41. The first-order valence-corrected chi connectivity index (χ1v) is 11.9. The minimum Gasteiger partial charge on any atom is -0.490 e. The van der Waals surface area contributed by atoms with Crippen LogP contribution in [0.3, 0.4) is 0 Å². The Morgan fingerprint density at radius 2 is 2.10 bits per heavy atom. The fourth-order valence-electron chi connectivity index (χ4n) is 4.16. The monoisotopic (exact) mass is 431 g/mol. The number of hydrogen-bond acceptors (Lipinski definition) is 5. The predicted octanol–water partition coefficient (Wildman–Crippen LogP) is 6.51. The van der Waals surface area contributed by atoms with E-state index >= 15 is 0 Å². The fourth-order valence-corrected chi connectivity index (χ4v) is 5.12. The number of ether oxygens (including phenoxy) is 1. The van der Waals surface area contributed by atoms with Gasteiger partial charge in [-0.25, -0.2) is 4.98 Å². The lowest BCUT2D eigenvalue weighted by Crippen LogP contribution is -2.28. The number of rotatable bonds is 7. The summed E-state index contributed by atoms with van der Waals surface area (Å²) in [5, 5.41) is 14.2. The lowest BCUT2D eigenvalue weighted by atomic mass is 10.0. The molecule has 5 heteroatoms. The van der Waals surface area contributed by atoms with Gasteiger partial charge in [0.05, 0.1) is 16.5 Å². The highest BCUT2D eigenvalue weighted by Crippen LogP contribution is 2.41. The summed E-state index contributed by atoms with van der Waals surface area (Å²) in [5.74, 6) is 0.624. The third-order valence-corrected chi connectivity index (χ3v) is 6.93. The van der Waals surface area contributed by atoms with E-state index in [-0.39, 0.29) is 6.10 Å². The molecule has 0 saturated carbocycles. The second kappa shape index (κ2) is 9.21. The Morgan fingerprint density at radius 3 is 2.84 bits per heavy atom. The number of nitrogens with zero attached hydrogens (tertiary/aromatic N) is 2. The Balaban J connectivity index is 1.63. The zero-order chi connectivity index (χ0) is 22.0. The Morgan fingerprint density at radius 1 is 1.26 bits per heavy atom. The summed E-state index contributed by atoms with van der Waals surface area (Å²) < 4.78 is 5.75. The molecule has 0 bridgehead atoms. The molecule has 4 rings (SSSR count). The van der Waals surface area contributed by atoms with Crippen LogP contribution in [0.1, 0.15) is 63.3 Å². The average molecular weight is 432 g/mol. The van der Waals surface area contributed by atoms with E-state index in [0.717, 1.165) is 29.8 Å². The molecule has 0 aliphatic heterocycles. The zero-order valence-electron chi connectivity index (χ0n) is 18.6. The number of nitriles is 1. The van der Waals surface area contributed by atoms with Gasteiger partial charge < -0.3 is 10.1 Å². The van der Waals surface area contributed by atoms with E-state index in [4.69, 9.17) is 4.74 Å². The highest BCUT2D eigenvalue weighted by molar-refractivity contribution is 7.18. The maximum absolute atomic E-state index is 9.54. The normalized spacial score (nSPS) is 16.2. The molecule has 1 heterocycles. The van der Waals surface area contributed by atoms with E-state index in [1.165, 1.54) is 21.6 Å². The molecule has 0 fully saturated rings. The molecule has 1 aliphatic carbocycles. The molecule has 0 radical (unpaired) electrons. The third kappa shape index (κ3) is 4.51. The number of hydrogen-bond donors (Lipinski definition) is 1. The van der Waals surface area contributed by atoms with Crippen molar-refractivity contribution in [2.45, 2.75) is 65.1 Å². The molecule has 1 N–H and O–H groups in total. The lowest BCUT2D eigenvalue weighted by molar-refractivity contribution is 0.242. The highest BCUT2D eigenvalue weighted by Gasteiger charge is 2.26. The minimum absolute atomic E-state index is 0.0308.